The molecular formula is C15H11F3INO. The molecule has 0 spiro atoms. The highest BCUT2D eigenvalue weighted by atomic mass is 127. The van der Waals surface area contributed by atoms with E-state index >= 15 is 0 Å². The second-order valence-electron chi connectivity index (χ2n) is 4.51. The van der Waals surface area contributed by atoms with Crippen LogP contribution in [0.25, 0.3) is 0 Å². The Kier molecular flexibility index (Phi) is 4.55. The van der Waals surface area contributed by atoms with Gasteiger partial charge in [-0.1, -0.05) is 17.7 Å². The number of carbonyl (C=O) groups is 1. The fraction of sp³-hybridized carbons (Fsp3) is 0.133. The number of nitrogens with one attached hydrogen (secondary N) is 1. The number of hydrogen-bond acceptors (Lipinski definition) is 1. The fourth-order valence-electron chi connectivity index (χ4n) is 1.84. The fourth-order valence-corrected chi connectivity index (χ4v) is 2.33. The molecule has 0 aliphatic carbocycles. The monoisotopic (exact) mass is 405 g/mol. The Morgan fingerprint density at radius 3 is 2.48 bits per heavy atom. The van der Waals surface area contributed by atoms with Crippen molar-refractivity contribution in [1.29, 1.82) is 0 Å². The second kappa shape index (κ2) is 6.05. The summed E-state index contributed by atoms with van der Waals surface area (Å²) in [6, 6.07) is 10.5. The highest BCUT2D eigenvalue weighted by Gasteiger charge is 2.34. The van der Waals surface area contributed by atoms with Crippen molar-refractivity contribution in [2.24, 2.45) is 0 Å². The van der Waals surface area contributed by atoms with E-state index in [1.54, 1.807) is 40.8 Å². The first-order valence-electron chi connectivity index (χ1n) is 6.02. The van der Waals surface area contributed by atoms with Crippen LogP contribution in [0.2, 0.25) is 0 Å². The van der Waals surface area contributed by atoms with Crippen molar-refractivity contribution in [3.63, 3.8) is 0 Å². The maximum Gasteiger partial charge on any atom is 0.418 e. The lowest BCUT2D eigenvalue weighted by molar-refractivity contribution is -0.137. The van der Waals surface area contributed by atoms with Crippen LogP contribution >= 0.6 is 22.6 Å². The summed E-state index contributed by atoms with van der Waals surface area (Å²) in [6.07, 6.45) is -4.52. The molecule has 2 aromatic carbocycles. The van der Waals surface area contributed by atoms with Crippen molar-refractivity contribution in [3.8, 4) is 0 Å². The molecule has 0 radical (unpaired) electrons. The lowest BCUT2D eigenvalue weighted by Crippen LogP contribution is -2.17. The number of benzene rings is 2. The molecule has 0 unspecified atom stereocenters. The van der Waals surface area contributed by atoms with E-state index in [0.717, 1.165) is 11.6 Å². The van der Waals surface area contributed by atoms with Crippen LogP contribution in [0.3, 0.4) is 0 Å². The van der Waals surface area contributed by atoms with Gasteiger partial charge in [0.05, 0.1) is 11.3 Å². The summed E-state index contributed by atoms with van der Waals surface area (Å²) in [7, 11) is 0. The normalized spacial score (nSPS) is 11.3. The summed E-state index contributed by atoms with van der Waals surface area (Å²) in [4.78, 5) is 12.1. The molecule has 21 heavy (non-hydrogen) atoms. The molecule has 1 amide bonds. The first-order chi connectivity index (χ1) is 9.77. The van der Waals surface area contributed by atoms with Crippen LogP contribution in [0.15, 0.2) is 42.5 Å². The standard InChI is InChI=1S/C15H11F3INO/c1-9-3-2-4-10(7-9)14(21)20-13-6-5-11(19)8-12(13)15(16,17)18/h2-8H,1H3,(H,20,21). The molecule has 0 heterocycles. The lowest BCUT2D eigenvalue weighted by Gasteiger charge is -2.14. The van der Waals surface area contributed by atoms with Crippen LogP contribution in [0.1, 0.15) is 21.5 Å². The van der Waals surface area contributed by atoms with E-state index in [1.165, 1.54) is 12.1 Å². The van der Waals surface area contributed by atoms with Crippen molar-refractivity contribution in [2.45, 2.75) is 13.1 Å². The van der Waals surface area contributed by atoms with Crippen LogP contribution < -0.4 is 5.32 Å². The number of alkyl halides is 3. The van der Waals surface area contributed by atoms with Crippen LogP contribution in [0.5, 0.6) is 0 Å². The summed E-state index contributed by atoms with van der Waals surface area (Å²) < 4.78 is 39.4. The molecule has 0 bridgehead atoms. The molecular weight excluding hydrogens is 394 g/mol. The minimum atomic E-state index is -4.52. The van der Waals surface area contributed by atoms with Crippen molar-refractivity contribution in [2.75, 3.05) is 5.32 Å². The third-order valence-electron chi connectivity index (χ3n) is 2.82. The minimum Gasteiger partial charge on any atom is -0.321 e. The molecule has 0 saturated carbocycles. The highest BCUT2D eigenvalue weighted by molar-refractivity contribution is 14.1. The van der Waals surface area contributed by atoms with Gasteiger partial charge >= 0.3 is 6.18 Å². The Hall–Kier alpha value is -1.57. The van der Waals surface area contributed by atoms with Crippen molar-refractivity contribution < 1.29 is 18.0 Å². The zero-order chi connectivity index (χ0) is 15.6. The summed E-state index contributed by atoms with van der Waals surface area (Å²) >= 11 is 1.80. The molecule has 2 aromatic rings. The van der Waals surface area contributed by atoms with E-state index < -0.39 is 17.6 Å². The molecule has 6 heteroatoms. The van der Waals surface area contributed by atoms with Crippen LogP contribution in [-0.4, -0.2) is 5.91 Å². The Morgan fingerprint density at radius 2 is 1.86 bits per heavy atom. The summed E-state index contributed by atoms with van der Waals surface area (Å²) in [5.74, 6) is -0.564. The van der Waals surface area contributed by atoms with Crippen LogP contribution in [0, 0.1) is 10.5 Å². The molecule has 2 nitrogen and oxygen atoms in total. The Balaban J connectivity index is 2.34. The number of hydrogen-bond donors (Lipinski definition) is 1. The highest BCUT2D eigenvalue weighted by Crippen LogP contribution is 2.36. The lowest BCUT2D eigenvalue weighted by atomic mass is 10.1. The second-order valence-corrected chi connectivity index (χ2v) is 5.76. The van der Waals surface area contributed by atoms with Gasteiger partial charge in [0.2, 0.25) is 0 Å². The Labute approximate surface area is 133 Å². The Morgan fingerprint density at radius 1 is 1.14 bits per heavy atom. The van der Waals surface area contributed by atoms with Crippen LogP contribution in [0.4, 0.5) is 18.9 Å². The molecule has 0 aliphatic rings. The first kappa shape index (κ1) is 15.8. The van der Waals surface area contributed by atoms with Gasteiger partial charge in [0.25, 0.3) is 5.91 Å². The van der Waals surface area contributed by atoms with Crippen molar-refractivity contribution >= 4 is 34.2 Å². The largest absolute Gasteiger partial charge is 0.418 e. The van der Waals surface area contributed by atoms with E-state index in [4.69, 9.17) is 0 Å². The topological polar surface area (TPSA) is 29.1 Å². The molecule has 0 atom stereocenters. The van der Waals surface area contributed by atoms with Gasteiger partial charge in [0.1, 0.15) is 0 Å². The van der Waals surface area contributed by atoms with Crippen molar-refractivity contribution in [3.05, 3.63) is 62.7 Å². The van der Waals surface area contributed by atoms with E-state index in [2.05, 4.69) is 5.32 Å². The molecule has 0 aliphatic heterocycles. The minimum absolute atomic E-state index is 0.241. The third kappa shape index (κ3) is 3.96. The van der Waals surface area contributed by atoms with E-state index in [9.17, 15) is 18.0 Å². The third-order valence-corrected chi connectivity index (χ3v) is 3.49. The smallest absolute Gasteiger partial charge is 0.321 e. The number of carbonyl (C=O) groups excluding carboxylic acids is 1. The zero-order valence-electron chi connectivity index (χ0n) is 11.0. The summed E-state index contributed by atoms with van der Waals surface area (Å²) in [5, 5.41) is 2.33. The molecule has 110 valence electrons. The number of aryl methyl sites for hydroxylation is 1. The SMILES string of the molecule is Cc1cccc(C(=O)Nc2ccc(I)cc2C(F)(F)F)c1. The number of halogens is 4. The van der Waals surface area contributed by atoms with Gasteiger partial charge in [-0.25, -0.2) is 0 Å². The predicted molar refractivity (Wildman–Crippen MR) is 83.3 cm³/mol. The van der Waals surface area contributed by atoms with Crippen molar-refractivity contribution in [1.82, 2.24) is 0 Å². The maximum atomic E-state index is 13.0. The molecule has 0 aromatic heterocycles. The zero-order valence-corrected chi connectivity index (χ0v) is 13.1. The number of anilines is 1. The summed E-state index contributed by atoms with van der Waals surface area (Å²) in [5.41, 5.74) is 0.0906. The molecule has 2 rings (SSSR count). The quantitative estimate of drug-likeness (QED) is 0.710. The summed E-state index contributed by atoms with van der Waals surface area (Å²) in [6.45, 7) is 1.81. The Bertz CT molecular complexity index is 683. The van der Waals surface area contributed by atoms with Gasteiger partial charge in [-0.2, -0.15) is 13.2 Å². The van der Waals surface area contributed by atoms with E-state index in [1.807, 2.05) is 13.0 Å². The van der Waals surface area contributed by atoms with E-state index in [0.29, 0.717) is 9.13 Å². The maximum absolute atomic E-state index is 13.0. The van der Waals surface area contributed by atoms with E-state index in [-0.39, 0.29) is 5.69 Å². The number of rotatable bonds is 2. The molecule has 0 saturated heterocycles. The van der Waals surface area contributed by atoms with Gasteiger partial charge < -0.3 is 5.32 Å². The first-order valence-corrected chi connectivity index (χ1v) is 7.10. The number of amides is 1. The van der Waals surface area contributed by atoms with Gasteiger partial charge in [0.15, 0.2) is 0 Å². The van der Waals surface area contributed by atoms with Crippen LogP contribution in [-0.2, 0) is 6.18 Å². The molecule has 0 fully saturated rings. The van der Waals surface area contributed by atoms with Gasteiger partial charge in [-0.05, 0) is 59.8 Å². The average molecular weight is 405 g/mol. The van der Waals surface area contributed by atoms with Gasteiger partial charge in [-0.3, -0.25) is 4.79 Å². The van der Waals surface area contributed by atoms with Gasteiger partial charge in [-0.15, -0.1) is 0 Å². The molecule has 1 N–H and O–H groups in total. The van der Waals surface area contributed by atoms with Gasteiger partial charge in [0, 0.05) is 9.13 Å². The average Bonchev–Trinajstić information content (AvgIpc) is 2.39. The predicted octanol–water partition coefficient (Wildman–Crippen LogP) is 4.87.